The summed E-state index contributed by atoms with van der Waals surface area (Å²) >= 11 is 3.27. The van der Waals surface area contributed by atoms with Crippen LogP contribution in [0.4, 0.5) is 0 Å². The van der Waals surface area contributed by atoms with E-state index < -0.39 is 0 Å². The van der Waals surface area contributed by atoms with Gasteiger partial charge >= 0.3 is 0 Å². The van der Waals surface area contributed by atoms with Gasteiger partial charge in [-0.3, -0.25) is 4.79 Å². The molecule has 1 N–H and O–H groups in total. The zero-order valence-corrected chi connectivity index (χ0v) is 12.5. The van der Waals surface area contributed by atoms with Gasteiger partial charge in [0, 0.05) is 12.2 Å². The fraction of sp³-hybridized carbons (Fsp3) is 0.571. The Balaban J connectivity index is 2.04. The van der Waals surface area contributed by atoms with Crippen molar-refractivity contribution in [2.75, 3.05) is 0 Å². The van der Waals surface area contributed by atoms with Gasteiger partial charge < -0.3 is 5.32 Å². The Morgan fingerprint density at radius 3 is 2.83 bits per heavy atom. The van der Waals surface area contributed by atoms with E-state index in [-0.39, 0.29) is 17.4 Å². The first-order valence-electron chi connectivity index (χ1n) is 6.41. The molecule has 18 heavy (non-hydrogen) atoms. The molecule has 0 aromatic carbocycles. The molecule has 1 fully saturated rings. The second kappa shape index (κ2) is 5.39. The van der Waals surface area contributed by atoms with Gasteiger partial charge in [-0.25, -0.2) is 4.98 Å². The smallest absolute Gasteiger partial charge is 0.253 e. The first-order chi connectivity index (χ1) is 8.49. The first kappa shape index (κ1) is 13.5. The maximum Gasteiger partial charge on any atom is 0.253 e. The number of rotatable bonds is 2. The van der Waals surface area contributed by atoms with Crippen LogP contribution >= 0.6 is 15.9 Å². The second-order valence-corrected chi connectivity index (χ2v) is 6.44. The zero-order chi connectivity index (χ0) is 13.2. The van der Waals surface area contributed by atoms with Gasteiger partial charge in [0.2, 0.25) is 0 Å². The van der Waals surface area contributed by atoms with Gasteiger partial charge in [-0.15, -0.1) is 0 Å². The van der Waals surface area contributed by atoms with Gasteiger partial charge in [0.1, 0.15) is 4.60 Å². The predicted molar refractivity (Wildman–Crippen MR) is 75.4 cm³/mol. The lowest BCUT2D eigenvalue weighted by Crippen LogP contribution is -2.46. The van der Waals surface area contributed by atoms with Crippen LogP contribution in [0.2, 0.25) is 0 Å². The fourth-order valence-corrected chi connectivity index (χ4v) is 2.75. The highest BCUT2D eigenvalue weighted by Crippen LogP contribution is 2.35. The van der Waals surface area contributed by atoms with E-state index in [1.54, 1.807) is 18.3 Å². The number of amides is 1. The summed E-state index contributed by atoms with van der Waals surface area (Å²) in [6.07, 6.45) is 6.32. The van der Waals surface area contributed by atoms with Crippen molar-refractivity contribution in [1.29, 1.82) is 0 Å². The molecule has 1 saturated carbocycles. The van der Waals surface area contributed by atoms with Gasteiger partial charge in [0.15, 0.2) is 0 Å². The van der Waals surface area contributed by atoms with Crippen LogP contribution < -0.4 is 5.32 Å². The van der Waals surface area contributed by atoms with Crippen molar-refractivity contribution < 1.29 is 4.79 Å². The quantitative estimate of drug-likeness (QED) is 0.849. The number of aromatic nitrogens is 1. The molecule has 1 heterocycles. The van der Waals surface area contributed by atoms with Crippen molar-refractivity contribution in [3.05, 3.63) is 28.5 Å². The Bertz CT molecular complexity index is 428. The summed E-state index contributed by atoms with van der Waals surface area (Å²) in [5.74, 6) is -0.0185. The molecule has 1 aliphatic carbocycles. The molecule has 0 spiro atoms. The van der Waals surface area contributed by atoms with Crippen LogP contribution in [0.25, 0.3) is 0 Å². The number of hydrogen-bond donors (Lipinski definition) is 1. The topological polar surface area (TPSA) is 42.0 Å². The lowest BCUT2D eigenvalue weighted by molar-refractivity contribution is 0.0853. The predicted octanol–water partition coefficient (Wildman–Crippen LogP) is 3.54. The third kappa shape index (κ3) is 3.10. The number of nitrogens with one attached hydrogen (secondary N) is 1. The zero-order valence-electron chi connectivity index (χ0n) is 10.9. The van der Waals surface area contributed by atoms with Crippen LogP contribution in [0.5, 0.6) is 0 Å². The Kier molecular flexibility index (Phi) is 4.05. The summed E-state index contributed by atoms with van der Waals surface area (Å²) in [5.41, 5.74) is 0.816. The maximum atomic E-state index is 12.1. The van der Waals surface area contributed by atoms with E-state index in [4.69, 9.17) is 0 Å². The minimum Gasteiger partial charge on any atom is -0.349 e. The van der Waals surface area contributed by atoms with Gasteiger partial charge in [-0.2, -0.15) is 0 Å². The molecular weight excluding hydrogens is 292 g/mol. The Morgan fingerprint density at radius 1 is 1.44 bits per heavy atom. The Hall–Kier alpha value is -0.900. The lowest BCUT2D eigenvalue weighted by Gasteiger charge is -2.39. The van der Waals surface area contributed by atoms with E-state index in [1.165, 1.54) is 19.3 Å². The van der Waals surface area contributed by atoms with Crippen LogP contribution in [0.3, 0.4) is 0 Å². The van der Waals surface area contributed by atoms with E-state index in [9.17, 15) is 4.79 Å². The van der Waals surface area contributed by atoms with Crippen LogP contribution in [0, 0.1) is 5.41 Å². The van der Waals surface area contributed by atoms with Crippen LogP contribution in [0.15, 0.2) is 22.9 Å². The fourth-order valence-electron chi connectivity index (χ4n) is 2.51. The van der Waals surface area contributed by atoms with Crippen LogP contribution in [0.1, 0.15) is 49.9 Å². The van der Waals surface area contributed by atoms with Gasteiger partial charge in [0.25, 0.3) is 5.91 Å². The third-order valence-electron chi connectivity index (χ3n) is 3.80. The molecule has 0 bridgehead atoms. The van der Waals surface area contributed by atoms with E-state index in [2.05, 4.69) is 40.1 Å². The number of halogens is 1. The molecule has 1 aromatic rings. The normalized spacial score (nSPS) is 22.5. The van der Waals surface area contributed by atoms with E-state index in [0.717, 1.165) is 11.0 Å². The third-order valence-corrected chi connectivity index (χ3v) is 4.27. The lowest BCUT2D eigenvalue weighted by atomic mass is 9.73. The van der Waals surface area contributed by atoms with Gasteiger partial charge in [0.05, 0.1) is 5.56 Å². The number of carbonyl (C=O) groups excluding carboxylic acids is 1. The molecule has 0 radical (unpaired) electrons. The molecule has 1 unspecified atom stereocenters. The van der Waals surface area contributed by atoms with Crippen molar-refractivity contribution in [3.63, 3.8) is 0 Å². The SMILES string of the molecule is CC1(C)CCCCC1NC(=O)c1ccc(Br)nc1. The Morgan fingerprint density at radius 2 is 2.22 bits per heavy atom. The second-order valence-electron chi connectivity index (χ2n) is 5.63. The van der Waals surface area contributed by atoms with Crippen molar-refractivity contribution in [2.24, 2.45) is 5.41 Å². The maximum absolute atomic E-state index is 12.1. The standard InChI is InChI=1S/C14H19BrN2O/c1-14(2)8-4-3-5-11(14)17-13(18)10-6-7-12(15)16-9-10/h6-7,9,11H,3-5,8H2,1-2H3,(H,17,18). The summed E-state index contributed by atoms with van der Waals surface area (Å²) in [6, 6.07) is 3.85. The molecule has 1 amide bonds. The van der Waals surface area contributed by atoms with Crippen LogP contribution in [-0.4, -0.2) is 16.9 Å². The van der Waals surface area contributed by atoms with Gasteiger partial charge in [-0.05, 0) is 46.3 Å². The van der Waals surface area contributed by atoms with E-state index in [0.29, 0.717) is 5.56 Å². The Labute approximate surface area is 117 Å². The molecule has 98 valence electrons. The van der Waals surface area contributed by atoms with Crippen molar-refractivity contribution in [1.82, 2.24) is 10.3 Å². The molecule has 2 rings (SSSR count). The van der Waals surface area contributed by atoms with E-state index in [1.807, 2.05) is 0 Å². The van der Waals surface area contributed by atoms with Crippen molar-refractivity contribution in [3.8, 4) is 0 Å². The average molecular weight is 311 g/mol. The number of carbonyl (C=O) groups is 1. The molecule has 1 aromatic heterocycles. The highest BCUT2D eigenvalue weighted by Gasteiger charge is 2.33. The van der Waals surface area contributed by atoms with Crippen molar-refractivity contribution in [2.45, 2.75) is 45.6 Å². The molecule has 1 aliphatic rings. The first-order valence-corrected chi connectivity index (χ1v) is 7.21. The monoisotopic (exact) mass is 310 g/mol. The summed E-state index contributed by atoms with van der Waals surface area (Å²) < 4.78 is 0.747. The minimum absolute atomic E-state index is 0.0185. The van der Waals surface area contributed by atoms with Gasteiger partial charge in [-0.1, -0.05) is 26.7 Å². The number of pyridine rings is 1. The molecule has 0 saturated heterocycles. The largest absolute Gasteiger partial charge is 0.349 e. The molecule has 1 atom stereocenters. The molecule has 0 aliphatic heterocycles. The highest BCUT2D eigenvalue weighted by molar-refractivity contribution is 9.10. The highest BCUT2D eigenvalue weighted by atomic mass is 79.9. The molecule has 3 nitrogen and oxygen atoms in total. The van der Waals surface area contributed by atoms with Crippen molar-refractivity contribution >= 4 is 21.8 Å². The van der Waals surface area contributed by atoms with Crippen LogP contribution in [-0.2, 0) is 0 Å². The molecule has 4 heteroatoms. The minimum atomic E-state index is -0.0185. The molecular formula is C14H19BrN2O. The average Bonchev–Trinajstić information content (AvgIpc) is 2.32. The number of nitrogens with zero attached hydrogens (tertiary/aromatic N) is 1. The summed E-state index contributed by atoms with van der Waals surface area (Å²) in [6.45, 7) is 4.47. The van der Waals surface area contributed by atoms with E-state index >= 15 is 0 Å². The summed E-state index contributed by atoms with van der Waals surface area (Å²) in [4.78, 5) is 16.2. The summed E-state index contributed by atoms with van der Waals surface area (Å²) in [5, 5.41) is 3.15. The number of hydrogen-bond acceptors (Lipinski definition) is 2. The summed E-state index contributed by atoms with van der Waals surface area (Å²) in [7, 11) is 0.